The van der Waals surface area contributed by atoms with E-state index in [-0.39, 0.29) is 40.5 Å². The van der Waals surface area contributed by atoms with Crippen molar-refractivity contribution < 1.29 is 22.8 Å². The number of likely N-dealkylation sites (tertiary alicyclic amines) is 1. The highest BCUT2D eigenvalue weighted by atomic mass is 19.4. The summed E-state index contributed by atoms with van der Waals surface area (Å²) in [5.41, 5.74) is 4.55. The van der Waals surface area contributed by atoms with E-state index in [1.807, 2.05) is 0 Å². The lowest BCUT2D eigenvalue weighted by molar-refractivity contribution is -0.137. The van der Waals surface area contributed by atoms with Crippen molar-refractivity contribution in [2.24, 2.45) is 11.7 Å². The largest absolute Gasteiger partial charge is 0.416 e. The van der Waals surface area contributed by atoms with Gasteiger partial charge in [-0.3, -0.25) is 14.6 Å². The molecular formula is C19H15F3N4O2. The van der Waals surface area contributed by atoms with E-state index < -0.39 is 23.7 Å². The molecule has 1 aromatic carbocycles. The van der Waals surface area contributed by atoms with Crippen LogP contribution in [0.1, 0.15) is 34.5 Å². The molecule has 1 aliphatic heterocycles. The summed E-state index contributed by atoms with van der Waals surface area (Å²) in [6, 6.07) is 5.83. The van der Waals surface area contributed by atoms with Gasteiger partial charge in [-0.15, -0.1) is 0 Å². The molecule has 2 aliphatic rings. The second-order valence-corrected chi connectivity index (χ2v) is 7.18. The predicted octanol–water partition coefficient (Wildman–Crippen LogP) is 2.41. The van der Waals surface area contributed by atoms with Crippen LogP contribution in [0.2, 0.25) is 0 Å². The Morgan fingerprint density at radius 3 is 2.68 bits per heavy atom. The smallest absolute Gasteiger partial charge is 0.366 e. The molecule has 4 rings (SSSR count). The second kappa shape index (κ2) is 6.19. The average molecular weight is 388 g/mol. The number of nitrogens with two attached hydrogens (primary N) is 1. The molecule has 2 N–H and O–H groups in total. The minimum Gasteiger partial charge on any atom is -0.366 e. The van der Waals surface area contributed by atoms with Crippen molar-refractivity contribution >= 4 is 22.7 Å². The van der Waals surface area contributed by atoms with E-state index >= 15 is 0 Å². The minimum absolute atomic E-state index is 0.00378. The zero-order chi connectivity index (χ0) is 20.2. The van der Waals surface area contributed by atoms with Crippen molar-refractivity contribution in [1.29, 1.82) is 5.26 Å². The van der Waals surface area contributed by atoms with Crippen LogP contribution in [0, 0.1) is 17.2 Å². The van der Waals surface area contributed by atoms with E-state index in [1.165, 1.54) is 11.0 Å². The van der Waals surface area contributed by atoms with Crippen LogP contribution in [0.25, 0.3) is 10.9 Å². The monoisotopic (exact) mass is 388 g/mol. The molecule has 1 saturated heterocycles. The van der Waals surface area contributed by atoms with Gasteiger partial charge in [-0.05, 0) is 37.0 Å². The Bertz CT molecular complexity index is 1040. The molecule has 2 fully saturated rings. The molecule has 144 valence electrons. The van der Waals surface area contributed by atoms with Gasteiger partial charge in [-0.1, -0.05) is 6.07 Å². The van der Waals surface area contributed by atoms with Gasteiger partial charge in [-0.25, -0.2) is 0 Å². The summed E-state index contributed by atoms with van der Waals surface area (Å²) in [4.78, 5) is 30.2. The number of carbonyl (C=O) groups is 2. The van der Waals surface area contributed by atoms with Crippen LogP contribution >= 0.6 is 0 Å². The highest BCUT2D eigenvalue weighted by Gasteiger charge is 2.53. The number of nitrogens with zero attached hydrogens (tertiary/aromatic N) is 3. The van der Waals surface area contributed by atoms with Crippen LogP contribution in [0.4, 0.5) is 13.2 Å². The molecule has 1 saturated carbocycles. The summed E-state index contributed by atoms with van der Waals surface area (Å²) in [5.74, 6) is -0.807. The summed E-state index contributed by atoms with van der Waals surface area (Å²) < 4.78 is 39.0. The molecule has 28 heavy (non-hydrogen) atoms. The number of carbonyl (C=O) groups excluding carboxylic acids is 2. The van der Waals surface area contributed by atoms with Crippen molar-refractivity contribution in [2.75, 3.05) is 0 Å². The first-order valence-electron chi connectivity index (χ1n) is 8.70. The van der Waals surface area contributed by atoms with E-state index in [0.717, 1.165) is 24.6 Å². The number of halogens is 3. The van der Waals surface area contributed by atoms with Crippen LogP contribution in [0.5, 0.6) is 0 Å². The molecule has 1 aromatic heterocycles. The maximum atomic E-state index is 13.0. The Morgan fingerprint density at radius 2 is 2.04 bits per heavy atom. The summed E-state index contributed by atoms with van der Waals surface area (Å²) in [7, 11) is 0. The first-order chi connectivity index (χ1) is 13.2. The maximum absolute atomic E-state index is 13.0. The summed E-state index contributed by atoms with van der Waals surface area (Å²) in [6.45, 7) is 0. The Labute approximate surface area is 157 Å². The third-order valence-electron chi connectivity index (χ3n) is 5.33. The van der Waals surface area contributed by atoms with Gasteiger partial charge in [-0.2, -0.15) is 18.4 Å². The molecule has 9 heteroatoms. The zero-order valence-electron chi connectivity index (χ0n) is 14.5. The fourth-order valence-corrected chi connectivity index (χ4v) is 3.93. The van der Waals surface area contributed by atoms with E-state index in [9.17, 15) is 28.0 Å². The Kier molecular flexibility index (Phi) is 4.03. The molecule has 6 nitrogen and oxygen atoms in total. The number of aromatic nitrogens is 1. The molecule has 0 bridgehead atoms. The van der Waals surface area contributed by atoms with Gasteiger partial charge in [0.05, 0.1) is 34.8 Å². The first kappa shape index (κ1) is 18.2. The number of pyridine rings is 1. The molecule has 2 heterocycles. The minimum atomic E-state index is -4.56. The molecule has 2 amide bonds. The Balaban J connectivity index is 1.71. The SMILES string of the molecule is N#C[C@@H]1C[C@@H]2C[C@@H]2N1C(=O)Cc1cc(C(N)=O)c2ccc(C(F)(F)F)cc2n1. The van der Waals surface area contributed by atoms with Gasteiger partial charge in [0.25, 0.3) is 0 Å². The molecule has 0 unspecified atom stereocenters. The number of amides is 2. The van der Waals surface area contributed by atoms with E-state index in [0.29, 0.717) is 12.3 Å². The first-order valence-corrected chi connectivity index (χ1v) is 8.70. The quantitative estimate of drug-likeness (QED) is 0.873. The molecule has 3 atom stereocenters. The van der Waals surface area contributed by atoms with Crippen molar-refractivity contribution in [3.8, 4) is 6.07 Å². The number of hydrogen-bond donors (Lipinski definition) is 1. The predicted molar refractivity (Wildman–Crippen MR) is 91.7 cm³/mol. The number of primary amides is 1. The third kappa shape index (κ3) is 3.05. The average Bonchev–Trinajstić information content (AvgIpc) is 3.29. The topological polar surface area (TPSA) is 100 Å². The van der Waals surface area contributed by atoms with E-state index in [2.05, 4.69) is 11.1 Å². The van der Waals surface area contributed by atoms with Gasteiger partial charge in [0, 0.05) is 11.4 Å². The van der Waals surface area contributed by atoms with Gasteiger partial charge in [0.2, 0.25) is 11.8 Å². The zero-order valence-corrected chi connectivity index (χ0v) is 14.5. The van der Waals surface area contributed by atoms with Crippen LogP contribution < -0.4 is 5.73 Å². The van der Waals surface area contributed by atoms with Crippen molar-refractivity contribution in [2.45, 2.75) is 37.5 Å². The van der Waals surface area contributed by atoms with Crippen molar-refractivity contribution in [3.05, 3.63) is 41.1 Å². The molecule has 1 aliphatic carbocycles. The van der Waals surface area contributed by atoms with Gasteiger partial charge in [0.15, 0.2) is 0 Å². The highest BCUT2D eigenvalue weighted by molar-refractivity contribution is 6.05. The lowest BCUT2D eigenvalue weighted by atomic mass is 10.0. The number of piperidine rings is 1. The molecule has 2 aromatic rings. The third-order valence-corrected chi connectivity index (χ3v) is 5.33. The van der Waals surface area contributed by atoms with Crippen LogP contribution in [-0.4, -0.2) is 33.8 Å². The number of alkyl halides is 3. The Morgan fingerprint density at radius 1 is 1.29 bits per heavy atom. The number of rotatable bonds is 3. The lowest BCUT2D eigenvalue weighted by Crippen LogP contribution is -2.38. The van der Waals surface area contributed by atoms with Crippen LogP contribution in [0.15, 0.2) is 24.3 Å². The van der Waals surface area contributed by atoms with E-state index in [4.69, 9.17) is 5.73 Å². The number of benzene rings is 1. The number of fused-ring (bicyclic) bond motifs is 2. The summed E-state index contributed by atoms with van der Waals surface area (Å²) in [6.07, 6.45) is -3.28. The van der Waals surface area contributed by atoms with Gasteiger partial charge in [0.1, 0.15) is 6.04 Å². The van der Waals surface area contributed by atoms with Gasteiger partial charge < -0.3 is 10.6 Å². The normalized spacial score (nSPS) is 23.4. The molecule has 0 radical (unpaired) electrons. The van der Waals surface area contributed by atoms with Crippen molar-refractivity contribution in [3.63, 3.8) is 0 Å². The highest BCUT2D eigenvalue weighted by Crippen LogP contribution is 2.47. The molecular weight excluding hydrogens is 373 g/mol. The molecule has 0 spiro atoms. The van der Waals surface area contributed by atoms with E-state index in [1.54, 1.807) is 0 Å². The van der Waals surface area contributed by atoms with Crippen molar-refractivity contribution in [1.82, 2.24) is 9.88 Å². The number of hydrogen-bond acceptors (Lipinski definition) is 4. The fourth-order valence-electron chi connectivity index (χ4n) is 3.93. The summed E-state index contributed by atoms with van der Waals surface area (Å²) >= 11 is 0. The second-order valence-electron chi connectivity index (χ2n) is 7.18. The Hall–Kier alpha value is -3.15. The standard InChI is InChI=1S/C19H15F3N4O2/c20-19(21,22)10-1-2-13-14(18(24)28)6-11(25-15(13)5-10)7-17(27)26-12(8-23)3-9-4-16(9)26/h1-2,5-6,9,12,16H,3-4,7H2,(H2,24,28)/t9-,12+,16+/m1/s1. The maximum Gasteiger partial charge on any atom is 0.416 e. The van der Waals surface area contributed by atoms with Crippen LogP contribution in [0.3, 0.4) is 0 Å². The van der Waals surface area contributed by atoms with Crippen LogP contribution in [-0.2, 0) is 17.4 Å². The van der Waals surface area contributed by atoms with Gasteiger partial charge >= 0.3 is 6.18 Å². The fraction of sp³-hybridized carbons (Fsp3) is 0.368. The lowest BCUT2D eigenvalue weighted by Gasteiger charge is -2.22. The number of nitriles is 1. The summed E-state index contributed by atoms with van der Waals surface area (Å²) in [5, 5.41) is 9.42.